The fourth-order valence-electron chi connectivity index (χ4n) is 2.89. The van der Waals surface area contributed by atoms with Crippen LogP contribution < -0.4 is 21.1 Å². The van der Waals surface area contributed by atoms with Crippen molar-refractivity contribution in [1.29, 1.82) is 0 Å². The van der Waals surface area contributed by atoms with E-state index in [4.69, 9.17) is 5.73 Å². The first kappa shape index (κ1) is 15.4. The molecule has 1 fully saturated rings. The van der Waals surface area contributed by atoms with Crippen LogP contribution >= 0.6 is 0 Å². The van der Waals surface area contributed by atoms with Crippen LogP contribution in [0.4, 0.5) is 17.3 Å². The molecule has 1 saturated heterocycles. The number of aromatic amines is 1. The lowest BCUT2D eigenvalue weighted by molar-refractivity contribution is 0.636. The second kappa shape index (κ2) is 6.73. The quantitative estimate of drug-likeness (QED) is 0.839. The van der Waals surface area contributed by atoms with Crippen LogP contribution in [0.25, 0.3) is 0 Å². The molecule has 23 heavy (non-hydrogen) atoms. The van der Waals surface area contributed by atoms with Gasteiger partial charge in [0.2, 0.25) is 5.95 Å². The van der Waals surface area contributed by atoms with E-state index in [0.717, 1.165) is 50.4 Å². The lowest BCUT2D eigenvalue weighted by Crippen LogP contribution is -2.47. The number of rotatable bonds is 4. The van der Waals surface area contributed by atoms with Crippen LogP contribution in [0.15, 0.2) is 35.1 Å². The van der Waals surface area contributed by atoms with Crippen LogP contribution in [0.2, 0.25) is 0 Å². The highest BCUT2D eigenvalue weighted by Gasteiger charge is 2.19. The molecular formula is C17H23N5O. The molecule has 122 valence electrons. The molecule has 0 amide bonds. The van der Waals surface area contributed by atoms with Crippen molar-refractivity contribution in [2.45, 2.75) is 19.8 Å². The zero-order valence-electron chi connectivity index (χ0n) is 13.5. The molecule has 1 aliphatic heterocycles. The number of nitrogens with one attached hydrogen (secondary N) is 1. The van der Waals surface area contributed by atoms with Gasteiger partial charge in [-0.2, -0.15) is 0 Å². The molecule has 1 aromatic heterocycles. The zero-order chi connectivity index (χ0) is 16.2. The van der Waals surface area contributed by atoms with E-state index in [1.54, 1.807) is 6.07 Å². The average Bonchev–Trinajstić information content (AvgIpc) is 2.55. The van der Waals surface area contributed by atoms with Crippen LogP contribution in [-0.4, -0.2) is 36.1 Å². The van der Waals surface area contributed by atoms with Crippen molar-refractivity contribution in [2.75, 3.05) is 41.7 Å². The van der Waals surface area contributed by atoms with Crippen LogP contribution in [-0.2, 0) is 6.42 Å². The lowest BCUT2D eigenvalue weighted by Gasteiger charge is -2.36. The number of aromatic nitrogens is 2. The topological polar surface area (TPSA) is 78.2 Å². The van der Waals surface area contributed by atoms with Crippen LogP contribution in [0.5, 0.6) is 0 Å². The maximum Gasteiger partial charge on any atom is 0.252 e. The number of H-pyrrole nitrogens is 1. The summed E-state index contributed by atoms with van der Waals surface area (Å²) in [6.45, 7) is 5.55. The van der Waals surface area contributed by atoms with E-state index in [0.29, 0.717) is 5.95 Å². The first-order valence-corrected chi connectivity index (χ1v) is 8.11. The Balaban J connectivity index is 1.69. The van der Waals surface area contributed by atoms with Crippen molar-refractivity contribution in [3.8, 4) is 0 Å². The minimum atomic E-state index is -0.0700. The molecule has 0 saturated carbocycles. The molecule has 1 aliphatic rings. The maximum absolute atomic E-state index is 11.8. The number of hydrogen-bond donors (Lipinski definition) is 2. The summed E-state index contributed by atoms with van der Waals surface area (Å²) in [5, 5.41) is 0. The summed E-state index contributed by atoms with van der Waals surface area (Å²) >= 11 is 0. The fraction of sp³-hybridized carbons (Fsp3) is 0.412. The molecule has 6 nitrogen and oxygen atoms in total. The SMILES string of the molecule is CCCc1cc(=O)[nH]c(N2CCN(c3ccc(N)cc3)CC2)n1. The lowest BCUT2D eigenvalue weighted by atomic mass is 10.2. The van der Waals surface area contributed by atoms with Gasteiger partial charge >= 0.3 is 0 Å². The molecular weight excluding hydrogens is 290 g/mol. The van der Waals surface area contributed by atoms with Crippen molar-refractivity contribution in [3.63, 3.8) is 0 Å². The van der Waals surface area contributed by atoms with Crippen LogP contribution in [0.3, 0.4) is 0 Å². The normalized spacial score (nSPS) is 15.0. The molecule has 2 aromatic rings. The molecule has 0 bridgehead atoms. The van der Waals surface area contributed by atoms with Crippen molar-refractivity contribution in [1.82, 2.24) is 9.97 Å². The summed E-state index contributed by atoms with van der Waals surface area (Å²) in [6, 6.07) is 9.54. The Morgan fingerprint density at radius 1 is 1.13 bits per heavy atom. The summed E-state index contributed by atoms with van der Waals surface area (Å²) in [6.07, 6.45) is 1.82. The summed E-state index contributed by atoms with van der Waals surface area (Å²) in [5.41, 5.74) is 8.50. The van der Waals surface area contributed by atoms with E-state index in [2.05, 4.69) is 26.7 Å². The molecule has 0 spiro atoms. The van der Waals surface area contributed by atoms with E-state index >= 15 is 0 Å². The number of benzene rings is 1. The van der Waals surface area contributed by atoms with Gasteiger partial charge in [0, 0.05) is 49.3 Å². The van der Waals surface area contributed by atoms with E-state index in [-0.39, 0.29) is 5.56 Å². The third-order valence-electron chi connectivity index (χ3n) is 4.13. The Morgan fingerprint density at radius 3 is 2.43 bits per heavy atom. The van der Waals surface area contributed by atoms with Gasteiger partial charge in [-0.05, 0) is 30.7 Å². The number of anilines is 3. The van der Waals surface area contributed by atoms with Gasteiger partial charge in [-0.3, -0.25) is 9.78 Å². The Labute approximate surface area is 135 Å². The van der Waals surface area contributed by atoms with Gasteiger partial charge in [0.25, 0.3) is 5.56 Å². The Hall–Kier alpha value is -2.50. The first-order valence-electron chi connectivity index (χ1n) is 8.11. The van der Waals surface area contributed by atoms with E-state index in [1.165, 1.54) is 5.69 Å². The molecule has 6 heteroatoms. The predicted molar refractivity (Wildman–Crippen MR) is 94.1 cm³/mol. The zero-order valence-corrected chi connectivity index (χ0v) is 13.5. The molecule has 1 aromatic carbocycles. The predicted octanol–water partition coefficient (Wildman–Crippen LogP) is 1.63. The number of piperazine rings is 1. The smallest absolute Gasteiger partial charge is 0.252 e. The van der Waals surface area contributed by atoms with Gasteiger partial charge in [-0.1, -0.05) is 13.3 Å². The molecule has 0 atom stereocenters. The molecule has 3 N–H and O–H groups in total. The van der Waals surface area contributed by atoms with Gasteiger partial charge in [0.15, 0.2) is 0 Å². The highest BCUT2D eigenvalue weighted by atomic mass is 16.1. The average molecular weight is 313 g/mol. The second-order valence-electron chi connectivity index (χ2n) is 5.88. The van der Waals surface area contributed by atoms with E-state index in [9.17, 15) is 4.79 Å². The summed E-state index contributed by atoms with van der Waals surface area (Å²) in [7, 11) is 0. The minimum Gasteiger partial charge on any atom is -0.399 e. The van der Waals surface area contributed by atoms with Gasteiger partial charge < -0.3 is 15.5 Å². The van der Waals surface area contributed by atoms with Crippen molar-refractivity contribution < 1.29 is 0 Å². The molecule has 0 radical (unpaired) electrons. The molecule has 0 aliphatic carbocycles. The monoisotopic (exact) mass is 313 g/mol. The van der Waals surface area contributed by atoms with Gasteiger partial charge in [0.05, 0.1) is 0 Å². The van der Waals surface area contributed by atoms with E-state index in [1.807, 2.05) is 24.3 Å². The van der Waals surface area contributed by atoms with Crippen molar-refractivity contribution >= 4 is 17.3 Å². The number of hydrogen-bond acceptors (Lipinski definition) is 5. The summed E-state index contributed by atoms with van der Waals surface area (Å²) in [4.78, 5) is 23.7. The Morgan fingerprint density at radius 2 is 1.78 bits per heavy atom. The van der Waals surface area contributed by atoms with Gasteiger partial charge in [-0.15, -0.1) is 0 Å². The third-order valence-corrected chi connectivity index (χ3v) is 4.13. The highest BCUT2D eigenvalue weighted by molar-refractivity contribution is 5.54. The minimum absolute atomic E-state index is 0.0700. The standard InChI is InChI=1S/C17H23N5O/c1-2-3-14-12-16(23)20-17(19-14)22-10-8-21(9-11-22)15-6-4-13(18)5-7-15/h4-7,12H,2-3,8-11,18H2,1H3,(H,19,20,23). The van der Waals surface area contributed by atoms with Crippen molar-refractivity contribution in [2.24, 2.45) is 0 Å². The number of nitrogens with two attached hydrogens (primary N) is 1. The number of aryl methyl sites for hydroxylation is 1. The number of nitrogen functional groups attached to an aromatic ring is 1. The van der Waals surface area contributed by atoms with Crippen LogP contribution in [0, 0.1) is 0 Å². The largest absolute Gasteiger partial charge is 0.399 e. The van der Waals surface area contributed by atoms with Crippen molar-refractivity contribution in [3.05, 3.63) is 46.4 Å². The van der Waals surface area contributed by atoms with Crippen LogP contribution in [0.1, 0.15) is 19.0 Å². The first-order chi connectivity index (χ1) is 11.2. The second-order valence-corrected chi connectivity index (χ2v) is 5.88. The van der Waals surface area contributed by atoms with Gasteiger partial charge in [-0.25, -0.2) is 4.98 Å². The van der Waals surface area contributed by atoms with Gasteiger partial charge in [0.1, 0.15) is 0 Å². The fourth-order valence-corrected chi connectivity index (χ4v) is 2.89. The Bertz CT molecular complexity index is 702. The number of nitrogens with zero attached hydrogens (tertiary/aromatic N) is 3. The molecule has 2 heterocycles. The Kier molecular flexibility index (Phi) is 4.50. The molecule has 0 unspecified atom stereocenters. The summed E-state index contributed by atoms with van der Waals surface area (Å²) in [5.74, 6) is 0.693. The maximum atomic E-state index is 11.8. The summed E-state index contributed by atoms with van der Waals surface area (Å²) < 4.78 is 0. The molecule has 3 rings (SSSR count). The third kappa shape index (κ3) is 3.64. The highest BCUT2D eigenvalue weighted by Crippen LogP contribution is 2.19. The van der Waals surface area contributed by atoms with E-state index < -0.39 is 0 Å².